The number of primary amides is 1. The minimum Gasteiger partial charge on any atom is -0.368 e. The monoisotopic (exact) mass is 544 g/mol. The van der Waals surface area contributed by atoms with Crippen LogP contribution in [0.25, 0.3) is 0 Å². The van der Waals surface area contributed by atoms with E-state index in [1.54, 1.807) is 24.3 Å². The zero-order valence-electron chi connectivity index (χ0n) is 15.1. The van der Waals surface area contributed by atoms with E-state index >= 15 is 0 Å². The standard InChI is InChI=1S/C19H15F6IN2O2/c20-18(21,22)12-4-11(5-13(9-12)19(23,24)25)8-16(29)28-15(17(27)30)7-10-2-1-3-14(26)6-10/h1-6,9,15H,7-8H2,(H2,27,30)(H,28,29)/t15-/m0/s1. The first-order chi connectivity index (χ1) is 13.8. The van der Waals surface area contributed by atoms with Gasteiger partial charge in [0.2, 0.25) is 11.8 Å². The highest BCUT2D eigenvalue weighted by Crippen LogP contribution is 2.36. The molecule has 162 valence electrons. The quantitative estimate of drug-likeness (QED) is 0.425. The van der Waals surface area contributed by atoms with E-state index in [1.807, 2.05) is 22.6 Å². The highest BCUT2D eigenvalue weighted by molar-refractivity contribution is 14.1. The molecule has 2 aromatic rings. The van der Waals surface area contributed by atoms with Gasteiger partial charge in [0, 0.05) is 9.99 Å². The number of alkyl halides is 6. The summed E-state index contributed by atoms with van der Waals surface area (Å²) in [6, 6.07) is 6.68. The van der Waals surface area contributed by atoms with Crippen LogP contribution in [0.15, 0.2) is 42.5 Å². The maximum absolute atomic E-state index is 12.9. The zero-order chi connectivity index (χ0) is 22.7. The summed E-state index contributed by atoms with van der Waals surface area (Å²) < 4.78 is 78.5. The van der Waals surface area contributed by atoms with Gasteiger partial charge in [0.25, 0.3) is 0 Å². The molecule has 0 aliphatic heterocycles. The first-order valence-electron chi connectivity index (χ1n) is 8.37. The third-order valence-corrected chi connectivity index (χ3v) is 4.69. The number of carbonyl (C=O) groups is 2. The lowest BCUT2D eigenvalue weighted by Crippen LogP contribution is -2.46. The highest BCUT2D eigenvalue weighted by Gasteiger charge is 2.37. The number of halogens is 7. The van der Waals surface area contributed by atoms with E-state index in [-0.39, 0.29) is 12.5 Å². The summed E-state index contributed by atoms with van der Waals surface area (Å²) >= 11 is 2.04. The summed E-state index contributed by atoms with van der Waals surface area (Å²) in [5.74, 6) is -1.82. The van der Waals surface area contributed by atoms with Gasteiger partial charge in [0.05, 0.1) is 17.5 Å². The van der Waals surface area contributed by atoms with Crippen molar-refractivity contribution in [2.75, 3.05) is 0 Å². The molecule has 0 aliphatic carbocycles. The van der Waals surface area contributed by atoms with Gasteiger partial charge in [-0.25, -0.2) is 0 Å². The summed E-state index contributed by atoms with van der Waals surface area (Å²) in [7, 11) is 0. The Labute approximate surface area is 181 Å². The molecule has 0 saturated carbocycles. The number of nitrogens with two attached hydrogens (primary N) is 1. The molecule has 0 spiro atoms. The van der Waals surface area contributed by atoms with Crippen molar-refractivity contribution in [1.29, 1.82) is 0 Å². The van der Waals surface area contributed by atoms with Gasteiger partial charge in [-0.15, -0.1) is 0 Å². The van der Waals surface area contributed by atoms with Gasteiger partial charge in [-0.2, -0.15) is 26.3 Å². The molecular formula is C19H15F6IN2O2. The second-order valence-electron chi connectivity index (χ2n) is 6.45. The summed E-state index contributed by atoms with van der Waals surface area (Å²) in [6.07, 6.45) is -10.8. The van der Waals surface area contributed by atoms with E-state index in [2.05, 4.69) is 5.32 Å². The Hall–Kier alpha value is -2.31. The molecule has 1 atom stereocenters. The molecule has 0 aromatic heterocycles. The van der Waals surface area contributed by atoms with Gasteiger partial charge in [-0.05, 0) is 64.0 Å². The van der Waals surface area contributed by atoms with Crippen LogP contribution in [0.1, 0.15) is 22.3 Å². The van der Waals surface area contributed by atoms with Gasteiger partial charge in [-0.3, -0.25) is 9.59 Å². The summed E-state index contributed by atoms with van der Waals surface area (Å²) in [4.78, 5) is 23.9. The lowest BCUT2D eigenvalue weighted by Gasteiger charge is -2.17. The van der Waals surface area contributed by atoms with Gasteiger partial charge in [0.15, 0.2) is 0 Å². The Morgan fingerprint density at radius 3 is 1.97 bits per heavy atom. The van der Waals surface area contributed by atoms with Crippen LogP contribution in [0.2, 0.25) is 0 Å². The van der Waals surface area contributed by atoms with Gasteiger partial charge >= 0.3 is 12.4 Å². The fraction of sp³-hybridized carbons (Fsp3) is 0.263. The van der Waals surface area contributed by atoms with Crippen molar-refractivity contribution in [1.82, 2.24) is 5.32 Å². The molecule has 0 saturated heterocycles. The van der Waals surface area contributed by atoms with E-state index in [9.17, 15) is 35.9 Å². The molecule has 2 amide bonds. The lowest BCUT2D eigenvalue weighted by atomic mass is 10.0. The lowest BCUT2D eigenvalue weighted by molar-refractivity contribution is -0.143. The van der Waals surface area contributed by atoms with Crippen molar-refractivity contribution in [2.45, 2.75) is 31.2 Å². The number of amides is 2. The van der Waals surface area contributed by atoms with Crippen molar-refractivity contribution < 1.29 is 35.9 Å². The average molecular weight is 544 g/mol. The predicted molar refractivity (Wildman–Crippen MR) is 104 cm³/mol. The number of rotatable bonds is 6. The Balaban J connectivity index is 2.21. The number of hydrogen-bond donors (Lipinski definition) is 2. The Morgan fingerprint density at radius 2 is 1.50 bits per heavy atom. The second kappa shape index (κ2) is 9.23. The second-order valence-corrected chi connectivity index (χ2v) is 7.69. The number of hydrogen-bond acceptors (Lipinski definition) is 2. The molecule has 4 nitrogen and oxygen atoms in total. The molecular weight excluding hydrogens is 529 g/mol. The topological polar surface area (TPSA) is 72.2 Å². The van der Waals surface area contributed by atoms with E-state index in [0.29, 0.717) is 17.7 Å². The number of carbonyl (C=O) groups excluding carboxylic acids is 2. The fourth-order valence-electron chi connectivity index (χ4n) is 2.67. The predicted octanol–water partition coefficient (Wildman–Crippen LogP) is 4.08. The van der Waals surface area contributed by atoms with Crippen LogP contribution in [0, 0.1) is 3.57 Å². The average Bonchev–Trinajstić information content (AvgIpc) is 2.59. The molecule has 11 heteroatoms. The highest BCUT2D eigenvalue weighted by atomic mass is 127. The van der Waals surface area contributed by atoms with E-state index in [0.717, 1.165) is 3.57 Å². The van der Waals surface area contributed by atoms with Gasteiger partial charge in [0.1, 0.15) is 6.04 Å². The summed E-state index contributed by atoms with van der Waals surface area (Å²) in [5.41, 5.74) is 2.41. The van der Waals surface area contributed by atoms with Crippen molar-refractivity contribution in [3.63, 3.8) is 0 Å². The molecule has 2 aromatic carbocycles. The molecule has 0 radical (unpaired) electrons. The van der Waals surface area contributed by atoms with Crippen molar-refractivity contribution >= 4 is 34.4 Å². The normalized spacial score (nSPS) is 13.0. The van der Waals surface area contributed by atoms with E-state index in [4.69, 9.17) is 5.73 Å². The van der Waals surface area contributed by atoms with Crippen LogP contribution in [0.3, 0.4) is 0 Å². The van der Waals surface area contributed by atoms with Gasteiger partial charge < -0.3 is 11.1 Å². The molecule has 0 heterocycles. The van der Waals surface area contributed by atoms with Crippen LogP contribution in [-0.2, 0) is 34.8 Å². The molecule has 0 aliphatic rings. The van der Waals surface area contributed by atoms with E-state index in [1.165, 1.54) is 0 Å². The maximum atomic E-state index is 12.9. The molecule has 0 fully saturated rings. The Morgan fingerprint density at radius 1 is 0.933 bits per heavy atom. The summed E-state index contributed by atoms with van der Waals surface area (Å²) in [6.45, 7) is 0. The largest absolute Gasteiger partial charge is 0.416 e. The minimum absolute atomic E-state index is 0.0221. The van der Waals surface area contributed by atoms with Crippen LogP contribution >= 0.6 is 22.6 Å². The zero-order valence-corrected chi connectivity index (χ0v) is 17.2. The number of nitrogens with one attached hydrogen (secondary N) is 1. The molecule has 0 unspecified atom stereocenters. The molecule has 30 heavy (non-hydrogen) atoms. The third-order valence-electron chi connectivity index (χ3n) is 4.02. The maximum Gasteiger partial charge on any atom is 0.416 e. The molecule has 3 N–H and O–H groups in total. The first kappa shape index (κ1) is 24.0. The van der Waals surface area contributed by atoms with Crippen LogP contribution in [0.5, 0.6) is 0 Å². The van der Waals surface area contributed by atoms with Crippen molar-refractivity contribution in [3.05, 3.63) is 68.3 Å². The van der Waals surface area contributed by atoms with Gasteiger partial charge in [-0.1, -0.05) is 12.1 Å². The van der Waals surface area contributed by atoms with Crippen molar-refractivity contribution in [3.8, 4) is 0 Å². The fourth-order valence-corrected chi connectivity index (χ4v) is 3.28. The Kier molecular flexibility index (Phi) is 7.37. The summed E-state index contributed by atoms with van der Waals surface area (Å²) in [5, 5.41) is 2.27. The smallest absolute Gasteiger partial charge is 0.368 e. The SMILES string of the molecule is NC(=O)[C@H](Cc1cccc(I)c1)NC(=O)Cc1cc(C(F)(F)F)cc(C(F)(F)F)c1. The third kappa shape index (κ3) is 6.89. The first-order valence-corrected chi connectivity index (χ1v) is 9.45. The van der Waals surface area contributed by atoms with Crippen LogP contribution in [0.4, 0.5) is 26.3 Å². The number of benzene rings is 2. The van der Waals surface area contributed by atoms with Crippen LogP contribution in [-0.4, -0.2) is 17.9 Å². The van der Waals surface area contributed by atoms with Crippen molar-refractivity contribution in [2.24, 2.45) is 5.73 Å². The van der Waals surface area contributed by atoms with E-state index < -0.39 is 53.3 Å². The molecule has 0 bridgehead atoms. The van der Waals surface area contributed by atoms with Crippen LogP contribution < -0.4 is 11.1 Å². The molecule has 2 rings (SSSR count). The minimum atomic E-state index is -5.02. The Bertz CT molecular complexity index is 911.